The first-order valence-corrected chi connectivity index (χ1v) is 11.4. The van der Waals surface area contributed by atoms with Crippen LogP contribution in [0.2, 0.25) is 0 Å². The number of anilines is 2. The first kappa shape index (κ1) is 23.0. The summed E-state index contributed by atoms with van der Waals surface area (Å²) in [5.41, 5.74) is 3.69. The van der Waals surface area contributed by atoms with E-state index < -0.39 is 0 Å². The van der Waals surface area contributed by atoms with E-state index in [2.05, 4.69) is 94.0 Å². The van der Waals surface area contributed by atoms with Crippen LogP contribution in [0.3, 0.4) is 0 Å². The monoisotopic (exact) mass is 459 g/mol. The van der Waals surface area contributed by atoms with Crippen molar-refractivity contribution < 1.29 is 0 Å². The lowest BCUT2D eigenvalue weighted by Crippen LogP contribution is -2.46. The van der Waals surface area contributed by atoms with Gasteiger partial charge in [-0.3, -0.25) is 4.90 Å². The fourth-order valence-corrected chi connectivity index (χ4v) is 4.26. The van der Waals surface area contributed by atoms with E-state index >= 15 is 0 Å². The van der Waals surface area contributed by atoms with Crippen LogP contribution in [0.25, 0.3) is 10.9 Å². The summed E-state index contributed by atoms with van der Waals surface area (Å²) in [5.74, 6) is 1.75. The summed E-state index contributed by atoms with van der Waals surface area (Å²) in [7, 11) is 0. The molecule has 0 aliphatic carbocycles. The van der Waals surface area contributed by atoms with Crippen LogP contribution in [0.4, 0.5) is 11.8 Å². The molecule has 1 N–H and O–H groups in total. The van der Waals surface area contributed by atoms with Gasteiger partial charge in [-0.1, -0.05) is 72.8 Å². The minimum absolute atomic E-state index is 0. The van der Waals surface area contributed by atoms with Gasteiger partial charge in [-0.15, -0.1) is 12.4 Å². The Hall–Kier alpha value is -3.15. The number of para-hydroxylation sites is 1. The second-order valence-electron chi connectivity index (χ2n) is 8.30. The molecule has 3 aromatic carbocycles. The van der Waals surface area contributed by atoms with Gasteiger partial charge in [0.15, 0.2) is 0 Å². The Morgan fingerprint density at radius 3 is 2.06 bits per heavy atom. The van der Waals surface area contributed by atoms with Crippen molar-refractivity contribution in [3.8, 4) is 0 Å². The van der Waals surface area contributed by atoms with Crippen molar-refractivity contribution in [3.63, 3.8) is 0 Å². The zero-order valence-electron chi connectivity index (χ0n) is 18.7. The molecule has 5 nitrogen and oxygen atoms in total. The number of benzene rings is 3. The first-order chi connectivity index (χ1) is 15.8. The molecule has 0 unspecified atom stereocenters. The average molecular weight is 460 g/mol. The normalized spacial score (nSPS) is 14.1. The quantitative estimate of drug-likeness (QED) is 0.420. The molecule has 0 spiro atoms. The molecule has 2 heterocycles. The predicted octanol–water partition coefficient (Wildman–Crippen LogP) is 5.03. The van der Waals surface area contributed by atoms with Crippen molar-refractivity contribution in [2.45, 2.75) is 13.0 Å². The molecule has 0 bridgehead atoms. The Balaban J connectivity index is 0.00000259. The lowest BCUT2D eigenvalue weighted by molar-refractivity contribution is 0.249. The number of hydrogen-bond donors (Lipinski definition) is 1. The second-order valence-corrected chi connectivity index (χ2v) is 8.30. The average Bonchev–Trinajstić information content (AvgIpc) is 2.86. The standard InChI is InChI=1S/C27H29N5.ClH/c1-3-9-22(10-4-1)15-16-28-26-24-13-7-8-14-25(24)29-27(30-26)32-19-17-31(18-20-32)21-23-11-5-2-6-12-23;/h1-14H,15-21H2,(H,28,29,30);1H. The molecular weight excluding hydrogens is 430 g/mol. The van der Waals surface area contributed by atoms with Gasteiger partial charge in [-0.25, -0.2) is 4.98 Å². The van der Waals surface area contributed by atoms with E-state index in [-0.39, 0.29) is 12.4 Å². The molecule has 1 saturated heterocycles. The van der Waals surface area contributed by atoms with E-state index in [0.717, 1.165) is 68.4 Å². The van der Waals surface area contributed by atoms with E-state index in [9.17, 15) is 0 Å². The molecule has 1 aliphatic heterocycles. The Morgan fingerprint density at radius 1 is 0.697 bits per heavy atom. The van der Waals surface area contributed by atoms with E-state index in [1.165, 1.54) is 11.1 Å². The minimum atomic E-state index is 0. The van der Waals surface area contributed by atoms with Crippen molar-refractivity contribution in [3.05, 3.63) is 96.1 Å². The molecule has 5 rings (SSSR count). The summed E-state index contributed by atoms with van der Waals surface area (Å²) in [6, 6.07) is 29.5. The number of piperazine rings is 1. The van der Waals surface area contributed by atoms with Crippen LogP contribution in [0, 0.1) is 0 Å². The predicted molar refractivity (Wildman–Crippen MR) is 139 cm³/mol. The highest BCUT2D eigenvalue weighted by Gasteiger charge is 2.20. The molecule has 33 heavy (non-hydrogen) atoms. The SMILES string of the molecule is Cl.c1ccc(CCNc2nc(N3CCN(Cc4ccccc4)CC3)nc3ccccc23)cc1. The van der Waals surface area contributed by atoms with Crippen molar-refractivity contribution in [1.82, 2.24) is 14.9 Å². The van der Waals surface area contributed by atoms with Crippen molar-refractivity contribution >= 4 is 35.1 Å². The zero-order chi connectivity index (χ0) is 21.6. The summed E-state index contributed by atoms with van der Waals surface area (Å²) in [5, 5.41) is 4.64. The third-order valence-electron chi connectivity index (χ3n) is 6.04. The van der Waals surface area contributed by atoms with Crippen LogP contribution in [0.5, 0.6) is 0 Å². The molecule has 0 amide bonds. The molecule has 0 saturated carbocycles. The maximum atomic E-state index is 4.95. The summed E-state index contributed by atoms with van der Waals surface area (Å²) in [6.45, 7) is 5.75. The van der Waals surface area contributed by atoms with E-state index in [0.29, 0.717) is 0 Å². The van der Waals surface area contributed by atoms with Crippen LogP contribution in [0.1, 0.15) is 11.1 Å². The van der Waals surface area contributed by atoms with Crippen molar-refractivity contribution in [2.75, 3.05) is 42.9 Å². The highest BCUT2D eigenvalue weighted by Crippen LogP contribution is 2.24. The Kier molecular flexibility index (Phi) is 7.76. The molecular formula is C27H30ClN5. The number of aromatic nitrogens is 2. The summed E-state index contributed by atoms with van der Waals surface area (Å²) >= 11 is 0. The maximum Gasteiger partial charge on any atom is 0.227 e. The number of nitrogens with zero attached hydrogens (tertiary/aromatic N) is 4. The molecule has 4 aromatic rings. The Morgan fingerprint density at radius 2 is 1.33 bits per heavy atom. The molecule has 0 atom stereocenters. The molecule has 170 valence electrons. The fraction of sp³-hybridized carbons (Fsp3) is 0.259. The molecule has 6 heteroatoms. The van der Waals surface area contributed by atoms with Crippen LogP contribution in [-0.4, -0.2) is 47.6 Å². The van der Waals surface area contributed by atoms with Crippen LogP contribution < -0.4 is 10.2 Å². The third kappa shape index (κ3) is 5.81. The van der Waals surface area contributed by atoms with Crippen LogP contribution >= 0.6 is 12.4 Å². The molecule has 1 aliphatic rings. The van der Waals surface area contributed by atoms with Gasteiger partial charge in [0.2, 0.25) is 5.95 Å². The Labute approximate surface area is 201 Å². The second kappa shape index (κ2) is 11.1. The lowest BCUT2D eigenvalue weighted by Gasteiger charge is -2.35. The Bertz CT molecular complexity index is 1140. The first-order valence-electron chi connectivity index (χ1n) is 11.4. The smallest absolute Gasteiger partial charge is 0.227 e. The van der Waals surface area contributed by atoms with Crippen molar-refractivity contribution in [2.24, 2.45) is 0 Å². The van der Waals surface area contributed by atoms with Gasteiger partial charge in [-0.05, 0) is 29.7 Å². The lowest BCUT2D eigenvalue weighted by atomic mass is 10.1. The van der Waals surface area contributed by atoms with Gasteiger partial charge in [0.25, 0.3) is 0 Å². The van der Waals surface area contributed by atoms with Crippen LogP contribution in [-0.2, 0) is 13.0 Å². The van der Waals surface area contributed by atoms with Gasteiger partial charge in [0.1, 0.15) is 5.82 Å². The van der Waals surface area contributed by atoms with Gasteiger partial charge >= 0.3 is 0 Å². The van der Waals surface area contributed by atoms with Crippen LogP contribution in [0.15, 0.2) is 84.9 Å². The fourth-order valence-electron chi connectivity index (χ4n) is 4.26. The van der Waals surface area contributed by atoms with E-state index in [1.807, 2.05) is 6.07 Å². The highest BCUT2D eigenvalue weighted by atomic mass is 35.5. The van der Waals surface area contributed by atoms with Gasteiger partial charge in [0, 0.05) is 44.7 Å². The van der Waals surface area contributed by atoms with Gasteiger partial charge in [0.05, 0.1) is 5.52 Å². The summed E-state index contributed by atoms with van der Waals surface area (Å²) in [4.78, 5) is 14.7. The number of hydrogen-bond acceptors (Lipinski definition) is 5. The molecule has 1 fully saturated rings. The summed E-state index contributed by atoms with van der Waals surface area (Å²) in [6.07, 6.45) is 0.965. The number of nitrogens with one attached hydrogen (secondary N) is 1. The maximum absolute atomic E-state index is 4.95. The summed E-state index contributed by atoms with van der Waals surface area (Å²) < 4.78 is 0. The third-order valence-corrected chi connectivity index (χ3v) is 6.04. The number of rotatable bonds is 7. The zero-order valence-corrected chi connectivity index (χ0v) is 19.5. The van der Waals surface area contributed by atoms with E-state index in [4.69, 9.17) is 9.97 Å². The number of fused-ring (bicyclic) bond motifs is 1. The largest absolute Gasteiger partial charge is 0.369 e. The molecule has 0 radical (unpaired) electrons. The minimum Gasteiger partial charge on any atom is -0.369 e. The topological polar surface area (TPSA) is 44.3 Å². The molecule has 1 aromatic heterocycles. The van der Waals surface area contributed by atoms with Gasteiger partial charge < -0.3 is 10.2 Å². The van der Waals surface area contributed by atoms with Crippen molar-refractivity contribution in [1.29, 1.82) is 0 Å². The highest BCUT2D eigenvalue weighted by molar-refractivity contribution is 5.90. The van der Waals surface area contributed by atoms with Gasteiger partial charge in [-0.2, -0.15) is 4.98 Å². The number of halogens is 1. The van der Waals surface area contributed by atoms with E-state index in [1.54, 1.807) is 0 Å².